The molecule has 0 saturated carbocycles. The second-order valence-electron chi connectivity index (χ2n) is 2.94. The smallest absolute Gasteiger partial charge is 0.324 e. The molecule has 1 N–H and O–H groups in total. The third-order valence-corrected chi connectivity index (χ3v) is 3.17. The first-order chi connectivity index (χ1) is 7.04. The lowest BCUT2D eigenvalue weighted by molar-refractivity contribution is 0.273. The third-order valence-electron chi connectivity index (χ3n) is 1.63. The summed E-state index contributed by atoms with van der Waals surface area (Å²) in [5, 5.41) is 0.194. The van der Waals surface area contributed by atoms with E-state index in [4.69, 9.17) is 32.6 Å². The maximum absolute atomic E-state index is 11.1. The molecule has 1 unspecified atom stereocenters. The summed E-state index contributed by atoms with van der Waals surface area (Å²) in [6.07, 6.45) is 4.40. The molecule has 0 rings (SSSR count). The van der Waals surface area contributed by atoms with Crippen LogP contribution in [0.2, 0.25) is 0 Å². The first kappa shape index (κ1) is 18.1. The molecule has 0 spiro atoms. The Kier molecular flexibility index (Phi) is 15.4. The van der Waals surface area contributed by atoms with Crippen molar-refractivity contribution >= 4 is 30.8 Å². The Morgan fingerprint density at radius 3 is 2.13 bits per heavy atom. The lowest BCUT2D eigenvalue weighted by Gasteiger charge is -2.09. The van der Waals surface area contributed by atoms with Crippen molar-refractivity contribution in [3.05, 3.63) is 0 Å². The zero-order valence-corrected chi connectivity index (χ0v) is 11.8. The van der Waals surface area contributed by atoms with Crippen molar-refractivity contribution in [2.45, 2.75) is 39.5 Å². The topological polar surface area (TPSA) is 46.5 Å². The molecule has 0 radical (unpaired) electrons. The molecule has 0 amide bonds. The van der Waals surface area contributed by atoms with Crippen molar-refractivity contribution in [2.75, 3.05) is 18.1 Å². The van der Waals surface area contributed by atoms with Crippen LogP contribution in [0, 0.1) is 0 Å². The summed E-state index contributed by atoms with van der Waals surface area (Å²) in [5.41, 5.74) is 0. The largest absolute Gasteiger partial charge is 0.328 e. The fraction of sp³-hybridized carbons (Fsp3) is 1.00. The number of hydrogen-bond donors (Lipinski definition) is 1. The van der Waals surface area contributed by atoms with Crippen LogP contribution >= 0.6 is 30.8 Å². The highest BCUT2D eigenvalue weighted by Crippen LogP contribution is 2.42. The standard InChI is InChI=1S/C8H19O3P.CH2Cl2/c1-3-5-6-7-8-12(9,10)11-4-2;2-1-3/h3-8H2,1-2H3,(H,9,10);1H2. The Bertz CT molecular complexity index is 167. The Labute approximate surface area is 103 Å². The van der Waals surface area contributed by atoms with Gasteiger partial charge in [-0.25, -0.2) is 0 Å². The van der Waals surface area contributed by atoms with Gasteiger partial charge in [-0.1, -0.05) is 26.2 Å². The normalized spacial score (nSPS) is 13.9. The lowest BCUT2D eigenvalue weighted by Crippen LogP contribution is -1.94. The minimum absolute atomic E-state index is 0.194. The summed E-state index contributed by atoms with van der Waals surface area (Å²) >= 11 is 9.53. The first-order valence-corrected chi connectivity index (χ1v) is 7.95. The van der Waals surface area contributed by atoms with Crippen LogP contribution in [0.4, 0.5) is 0 Å². The summed E-state index contributed by atoms with van der Waals surface area (Å²) in [5.74, 6) is 0. The second kappa shape index (κ2) is 12.8. The average Bonchev–Trinajstić information content (AvgIpc) is 2.14. The Balaban J connectivity index is 0. The van der Waals surface area contributed by atoms with E-state index in [-0.39, 0.29) is 5.34 Å². The fourth-order valence-corrected chi connectivity index (χ4v) is 2.16. The van der Waals surface area contributed by atoms with Gasteiger partial charge in [0.25, 0.3) is 0 Å². The van der Waals surface area contributed by atoms with E-state index in [2.05, 4.69) is 6.92 Å². The number of rotatable bonds is 7. The van der Waals surface area contributed by atoms with Gasteiger partial charge in [0.15, 0.2) is 0 Å². The van der Waals surface area contributed by atoms with E-state index in [0.29, 0.717) is 12.8 Å². The van der Waals surface area contributed by atoms with Crippen LogP contribution in [0.25, 0.3) is 0 Å². The van der Waals surface area contributed by atoms with E-state index in [1.807, 2.05) is 0 Å². The van der Waals surface area contributed by atoms with Gasteiger partial charge in [0.2, 0.25) is 0 Å². The SMILES string of the molecule is CCCCCCP(=O)(O)OCC.ClCCl. The zero-order valence-electron chi connectivity index (χ0n) is 9.42. The van der Waals surface area contributed by atoms with Gasteiger partial charge in [-0.3, -0.25) is 4.57 Å². The van der Waals surface area contributed by atoms with Crippen LogP contribution in [0.15, 0.2) is 0 Å². The van der Waals surface area contributed by atoms with Gasteiger partial charge in [-0.2, -0.15) is 0 Å². The van der Waals surface area contributed by atoms with Crippen molar-refractivity contribution in [1.82, 2.24) is 0 Å². The Morgan fingerprint density at radius 1 is 1.20 bits per heavy atom. The third kappa shape index (κ3) is 17.3. The molecule has 0 bridgehead atoms. The van der Waals surface area contributed by atoms with Gasteiger partial charge < -0.3 is 9.42 Å². The van der Waals surface area contributed by atoms with Crippen molar-refractivity contribution in [3.8, 4) is 0 Å². The van der Waals surface area contributed by atoms with Crippen LogP contribution in [0.3, 0.4) is 0 Å². The number of hydrogen-bond acceptors (Lipinski definition) is 2. The summed E-state index contributed by atoms with van der Waals surface area (Å²) in [4.78, 5) is 9.15. The summed E-state index contributed by atoms with van der Waals surface area (Å²) in [6, 6.07) is 0. The molecule has 3 nitrogen and oxygen atoms in total. The van der Waals surface area contributed by atoms with Gasteiger partial charge in [-0.05, 0) is 13.3 Å². The molecule has 0 saturated heterocycles. The fourth-order valence-electron chi connectivity index (χ4n) is 1.00. The molecule has 94 valence electrons. The molecule has 0 aromatic heterocycles. The maximum Gasteiger partial charge on any atom is 0.328 e. The monoisotopic (exact) mass is 278 g/mol. The molecule has 0 aliphatic rings. The van der Waals surface area contributed by atoms with Crippen LogP contribution in [-0.4, -0.2) is 23.0 Å². The molecule has 0 aliphatic heterocycles. The van der Waals surface area contributed by atoms with E-state index in [1.54, 1.807) is 6.92 Å². The van der Waals surface area contributed by atoms with Crippen molar-refractivity contribution in [3.63, 3.8) is 0 Å². The molecular weight excluding hydrogens is 258 g/mol. The highest BCUT2D eigenvalue weighted by Gasteiger charge is 2.16. The summed E-state index contributed by atoms with van der Waals surface area (Å²) < 4.78 is 15.8. The number of halogens is 2. The van der Waals surface area contributed by atoms with E-state index in [0.717, 1.165) is 25.7 Å². The summed E-state index contributed by atoms with van der Waals surface area (Å²) in [6.45, 7) is 4.16. The van der Waals surface area contributed by atoms with Crippen molar-refractivity contribution < 1.29 is 14.0 Å². The van der Waals surface area contributed by atoms with E-state index >= 15 is 0 Å². The molecule has 0 aromatic rings. The van der Waals surface area contributed by atoms with Crippen molar-refractivity contribution in [2.24, 2.45) is 0 Å². The Morgan fingerprint density at radius 2 is 1.73 bits per heavy atom. The molecule has 0 fully saturated rings. The molecule has 6 heteroatoms. The highest BCUT2D eigenvalue weighted by atomic mass is 35.5. The van der Waals surface area contributed by atoms with E-state index in [1.165, 1.54) is 0 Å². The highest BCUT2D eigenvalue weighted by molar-refractivity contribution is 7.52. The van der Waals surface area contributed by atoms with Crippen molar-refractivity contribution in [1.29, 1.82) is 0 Å². The quantitative estimate of drug-likeness (QED) is 0.431. The van der Waals surface area contributed by atoms with Crippen LogP contribution in [0.1, 0.15) is 39.5 Å². The number of alkyl halides is 2. The average molecular weight is 279 g/mol. The van der Waals surface area contributed by atoms with E-state index < -0.39 is 7.60 Å². The minimum atomic E-state index is -3.23. The first-order valence-electron chi connectivity index (χ1n) is 5.12. The van der Waals surface area contributed by atoms with Gasteiger partial charge >= 0.3 is 7.60 Å². The summed E-state index contributed by atoms with van der Waals surface area (Å²) in [7, 11) is -3.23. The van der Waals surface area contributed by atoms with E-state index in [9.17, 15) is 4.57 Å². The van der Waals surface area contributed by atoms with Crippen LogP contribution < -0.4 is 0 Å². The predicted octanol–water partition coefficient (Wildman–Crippen LogP) is 4.21. The van der Waals surface area contributed by atoms with Gasteiger partial charge in [0.1, 0.15) is 0 Å². The van der Waals surface area contributed by atoms with Crippen LogP contribution in [0.5, 0.6) is 0 Å². The molecular formula is C9H21Cl2O3P. The molecule has 0 aromatic carbocycles. The zero-order chi connectivity index (χ0) is 12.2. The molecule has 0 heterocycles. The molecule has 15 heavy (non-hydrogen) atoms. The maximum atomic E-state index is 11.1. The van der Waals surface area contributed by atoms with Gasteiger partial charge in [0, 0.05) is 6.16 Å². The minimum Gasteiger partial charge on any atom is -0.324 e. The number of unbranched alkanes of at least 4 members (excludes halogenated alkanes) is 3. The molecule has 1 atom stereocenters. The molecule has 0 aliphatic carbocycles. The second-order valence-corrected chi connectivity index (χ2v) is 5.73. The van der Waals surface area contributed by atoms with Gasteiger partial charge in [0.05, 0.1) is 11.9 Å². The van der Waals surface area contributed by atoms with Crippen LogP contribution in [-0.2, 0) is 9.09 Å². The lowest BCUT2D eigenvalue weighted by atomic mass is 10.2. The van der Waals surface area contributed by atoms with Gasteiger partial charge in [-0.15, -0.1) is 23.2 Å². The predicted molar refractivity (Wildman–Crippen MR) is 67.0 cm³/mol. The Hall–Kier alpha value is 0.730.